The van der Waals surface area contributed by atoms with E-state index in [0.717, 1.165) is 34.0 Å². The molecular formula is C27H19Cl2FN4. The summed E-state index contributed by atoms with van der Waals surface area (Å²) in [6.07, 6.45) is 1.78. The molecule has 0 aliphatic heterocycles. The van der Waals surface area contributed by atoms with Crippen molar-refractivity contribution in [3.63, 3.8) is 0 Å². The van der Waals surface area contributed by atoms with Crippen molar-refractivity contribution in [1.82, 2.24) is 14.8 Å². The van der Waals surface area contributed by atoms with Crippen LogP contribution < -0.4 is 5.32 Å². The van der Waals surface area contributed by atoms with Crippen molar-refractivity contribution >= 4 is 29.0 Å². The molecule has 0 aliphatic rings. The third-order valence-electron chi connectivity index (χ3n) is 5.37. The number of halogens is 3. The number of benzene rings is 3. The van der Waals surface area contributed by atoms with Gasteiger partial charge >= 0.3 is 0 Å². The Morgan fingerprint density at radius 1 is 0.794 bits per heavy atom. The van der Waals surface area contributed by atoms with Gasteiger partial charge in [-0.25, -0.2) is 14.1 Å². The van der Waals surface area contributed by atoms with Crippen LogP contribution in [0.3, 0.4) is 0 Å². The molecule has 2 aromatic heterocycles. The highest BCUT2D eigenvalue weighted by Gasteiger charge is 2.15. The second kappa shape index (κ2) is 9.67. The average Bonchev–Trinajstić information content (AvgIpc) is 3.31. The number of nitrogens with zero attached hydrogens (tertiary/aromatic N) is 3. The first-order valence-corrected chi connectivity index (χ1v) is 11.4. The molecule has 168 valence electrons. The smallest absolute Gasteiger partial charge is 0.126 e. The molecule has 1 N–H and O–H groups in total. The Hall–Kier alpha value is -3.67. The summed E-state index contributed by atoms with van der Waals surface area (Å²) < 4.78 is 15.3. The maximum Gasteiger partial charge on any atom is 0.126 e. The van der Waals surface area contributed by atoms with Crippen molar-refractivity contribution in [1.29, 1.82) is 0 Å². The molecule has 34 heavy (non-hydrogen) atoms. The van der Waals surface area contributed by atoms with E-state index in [-0.39, 0.29) is 5.82 Å². The molecule has 0 unspecified atom stereocenters. The minimum Gasteiger partial charge on any atom is -0.366 e. The van der Waals surface area contributed by atoms with Gasteiger partial charge in [0.25, 0.3) is 0 Å². The molecule has 0 saturated heterocycles. The number of hydrogen-bond acceptors (Lipinski definition) is 3. The molecular weight excluding hydrogens is 470 g/mol. The van der Waals surface area contributed by atoms with Crippen LogP contribution in [0.2, 0.25) is 10.0 Å². The van der Waals surface area contributed by atoms with Gasteiger partial charge in [0.15, 0.2) is 0 Å². The Kier molecular flexibility index (Phi) is 6.30. The Bertz CT molecular complexity index is 1420. The van der Waals surface area contributed by atoms with E-state index in [1.165, 1.54) is 17.7 Å². The highest BCUT2D eigenvalue weighted by molar-refractivity contribution is 6.42. The average molecular weight is 489 g/mol. The van der Waals surface area contributed by atoms with E-state index in [1.54, 1.807) is 35.1 Å². The van der Waals surface area contributed by atoms with Gasteiger partial charge < -0.3 is 5.32 Å². The van der Waals surface area contributed by atoms with Crippen LogP contribution in [0.15, 0.2) is 97.2 Å². The quantitative estimate of drug-likeness (QED) is 0.266. The van der Waals surface area contributed by atoms with E-state index < -0.39 is 0 Å². The molecule has 0 amide bonds. The van der Waals surface area contributed by atoms with Crippen molar-refractivity contribution in [3.8, 4) is 28.2 Å². The van der Waals surface area contributed by atoms with Crippen LogP contribution in [-0.4, -0.2) is 14.8 Å². The van der Waals surface area contributed by atoms with Crippen LogP contribution in [0.5, 0.6) is 0 Å². The van der Waals surface area contributed by atoms with Gasteiger partial charge in [-0.1, -0.05) is 53.5 Å². The molecule has 5 aromatic rings. The predicted octanol–water partition coefficient (Wildman–Crippen LogP) is 7.66. The highest BCUT2D eigenvalue weighted by atomic mass is 35.5. The zero-order chi connectivity index (χ0) is 23.5. The molecule has 0 saturated carbocycles. The second-order valence-corrected chi connectivity index (χ2v) is 8.52. The van der Waals surface area contributed by atoms with Gasteiger partial charge in [0.2, 0.25) is 0 Å². The van der Waals surface area contributed by atoms with Crippen LogP contribution in [0.25, 0.3) is 28.2 Å². The van der Waals surface area contributed by atoms with Gasteiger partial charge in [0, 0.05) is 23.9 Å². The second-order valence-electron chi connectivity index (χ2n) is 7.70. The van der Waals surface area contributed by atoms with Crippen LogP contribution in [-0.2, 0) is 6.54 Å². The Labute approximate surface area is 206 Å². The van der Waals surface area contributed by atoms with Crippen molar-refractivity contribution in [2.75, 3.05) is 5.32 Å². The van der Waals surface area contributed by atoms with E-state index in [4.69, 9.17) is 28.3 Å². The lowest BCUT2D eigenvalue weighted by molar-refractivity contribution is 0.628. The minimum absolute atomic E-state index is 0.299. The Morgan fingerprint density at radius 2 is 1.56 bits per heavy atom. The number of pyridine rings is 1. The Morgan fingerprint density at radius 3 is 2.26 bits per heavy atom. The molecule has 0 radical (unpaired) electrons. The summed E-state index contributed by atoms with van der Waals surface area (Å²) in [6.45, 7) is 0.688. The summed E-state index contributed by atoms with van der Waals surface area (Å²) in [4.78, 5) is 4.54. The van der Waals surface area contributed by atoms with Crippen LogP contribution >= 0.6 is 23.2 Å². The summed E-state index contributed by atoms with van der Waals surface area (Å²) in [5.74, 6) is 0.475. The maximum absolute atomic E-state index is 13.5. The van der Waals surface area contributed by atoms with E-state index in [9.17, 15) is 4.39 Å². The number of nitrogens with one attached hydrogen (secondary N) is 1. The lowest BCUT2D eigenvalue weighted by Gasteiger charge is -2.09. The molecule has 5 rings (SSSR count). The summed E-state index contributed by atoms with van der Waals surface area (Å²) in [7, 11) is 0. The van der Waals surface area contributed by atoms with Crippen molar-refractivity contribution in [2.45, 2.75) is 6.54 Å². The van der Waals surface area contributed by atoms with Gasteiger partial charge in [0.1, 0.15) is 11.6 Å². The van der Waals surface area contributed by atoms with E-state index >= 15 is 0 Å². The summed E-state index contributed by atoms with van der Waals surface area (Å²) in [5, 5.41) is 9.02. The molecule has 4 nitrogen and oxygen atoms in total. The number of rotatable bonds is 6. The standard InChI is InChI=1S/C27H19Cl2FN4/c28-23-12-11-22(14-24(23)29)34-26(19-6-9-21(30)10-7-19)15-25(33-34)20-8-13-27(32-17-20)31-16-18-4-2-1-3-5-18/h1-15,17H,16H2,(H,31,32). The van der Waals surface area contributed by atoms with E-state index in [1.807, 2.05) is 42.5 Å². The van der Waals surface area contributed by atoms with Gasteiger partial charge in [0.05, 0.1) is 27.1 Å². The van der Waals surface area contributed by atoms with Gasteiger partial charge in [-0.3, -0.25) is 0 Å². The fourth-order valence-corrected chi connectivity index (χ4v) is 3.89. The minimum atomic E-state index is -0.299. The number of hydrogen-bond donors (Lipinski definition) is 1. The first-order chi connectivity index (χ1) is 16.6. The molecule has 0 fully saturated rings. The molecule has 3 aromatic carbocycles. The summed E-state index contributed by atoms with van der Waals surface area (Å²) >= 11 is 12.4. The molecule has 7 heteroatoms. The third-order valence-corrected chi connectivity index (χ3v) is 6.11. The predicted molar refractivity (Wildman–Crippen MR) is 136 cm³/mol. The largest absolute Gasteiger partial charge is 0.366 e. The topological polar surface area (TPSA) is 42.7 Å². The molecule has 0 spiro atoms. The van der Waals surface area contributed by atoms with Crippen molar-refractivity contribution in [2.24, 2.45) is 0 Å². The van der Waals surface area contributed by atoms with Gasteiger partial charge in [-0.2, -0.15) is 5.10 Å². The van der Waals surface area contributed by atoms with E-state index in [2.05, 4.69) is 22.4 Å². The molecule has 0 bridgehead atoms. The first-order valence-electron chi connectivity index (χ1n) is 10.6. The Balaban J connectivity index is 1.48. The van der Waals surface area contributed by atoms with Crippen LogP contribution in [0, 0.1) is 5.82 Å². The zero-order valence-electron chi connectivity index (χ0n) is 17.9. The first kappa shape index (κ1) is 22.1. The normalized spacial score (nSPS) is 10.9. The molecule has 0 atom stereocenters. The lowest BCUT2D eigenvalue weighted by Crippen LogP contribution is -2.01. The molecule has 0 aliphatic carbocycles. The fourth-order valence-electron chi connectivity index (χ4n) is 3.60. The lowest BCUT2D eigenvalue weighted by atomic mass is 10.1. The van der Waals surface area contributed by atoms with Crippen molar-refractivity contribution in [3.05, 3.63) is 119 Å². The van der Waals surface area contributed by atoms with Crippen LogP contribution in [0.4, 0.5) is 10.2 Å². The molecule has 2 heterocycles. The number of anilines is 1. The highest BCUT2D eigenvalue weighted by Crippen LogP contribution is 2.31. The SMILES string of the molecule is Fc1ccc(-c2cc(-c3ccc(NCc4ccccc4)nc3)nn2-c2ccc(Cl)c(Cl)c2)cc1. The van der Waals surface area contributed by atoms with Gasteiger partial charge in [-0.15, -0.1) is 0 Å². The maximum atomic E-state index is 13.5. The van der Waals surface area contributed by atoms with Gasteiger partial charge in [-0.05, 0) is 66.2 Å². The monoisotopic (exact) mass is 488 g/mol. The van der Waals surface area contributed by atoms with E-state index in [0.29, 0.717) is 16.6 Å². The summed E-state index contributed by atoms with van der Waals surface area (Å²) in [5.41, 5.74) is 5.12. The number of aromatic nitrogens is 3. The third kappa shape index (κ3) is 4.81. The zero-order valence-corrected chi connectivity index (χ0v) is 19.4. The van der Waals surface area contributed by atoms with Crippen molar-refractivity contribution < 1.29 is 4.39 Å². The van der Waals surface area contributed by atoms with Crippen LogP contribution in [0.1, 0.15) is 5.56 Å². The summed E-state index contributed by atoms with van der Waals surface area (Å²) in [6, 6.07) is 27.6. The fraction of sp³-hybridized carbons (Fsp3) is 0.0370.